The summed E-state index contributed by atoms with van der Waals surface area (Å²) in [6, 6.07) is 4.16. The van der Waals surface area contributed by atoms with Gasteiger partial charge >= 0.3 is 0 Å². The highest BCUT2D eigenvalue weighted by atomic mass is 32.2. The summed E-state index contributed by atoms with van der Waals surface area (Å²) >= 11 is 1.18. The Kier molecular flexibility index (Phi) is 4.67. The Morgan fingerprint density at radius 1 is 1.44 bits per heavy atom. The summed E-state index contributed by atoms with van der Waals surface area (Å²) in [7, 11) is 0. The van der Waals surface area contributed by atoms with Gasteiger partial charge in [0.05, 0.1) is 17.5 Å². The number of nitrogens with one attached hydrogen (secondary N) is 1. The van der Waals surface area contributed by atoms with Gasteiger partial charge in [-0.3, -0.25) is 4.79 Å². The molecule has 1 fully saturated rings. The second-order valence-electron chi connectivity index (χ2n) is 6.23. The van der Waals surface area contributed by atoms with Crippen molar-refractivity contribution >= 4 is 17.7 Å². The summed E-state index contributed by atoms with van der Waals surface area (Å²) in [6.45, 7) is 3.78. The van der Waals surface area contributed by atoms with E-state index in [-0.39, 0.29) is 11.7 Å². The third-order valence-electron chi connectivity index (χ3n) is 4.23. The number of aromatic nitrogens is 5. The van der Waals surface area contributed by atoms with Gasteiger partial charge in [0.15, 0.2) is 0 Å². The summed E-state index contributed by atoms with van der Waals surface area (Å²) in [5.41, 5.74) is 1.03. The van der Waals surface area contributed by atoms with Gasteiger partial charge in [-0.25, -0.2) is 9.36 Å². The number of nitriles is 1. The fourth-order valence-electron chi connectivity index (χ4n) is 3.02. The SMILES string of the molecule is Cc1cc(C)n(-c2nnc(SCC(=O)NC3(C#N)CCCC3)n2N)n1. The van der Waals surface area contributed by atoms with Crippen LogP contribution in [0.25, 0.3) is 5.95 Å². The number of carbonyl (C=O) groups excluding carboxylic acids is 1. The van der Waals surface area contributed by atoms with E-state index in [1.807, 2.05) is 19.9 Å². The van der Waals surface area contributed by atoms with Crippen molar-refractivity contribution in [3.63, 3.8) is 0 Å². The van der Waals surface area contributed by atoms with Crippen molar-refractivity contribution < 1.29 is 4.79 Å². The molecule has 10 heteroatoms. The molecular formula is C15H20N8OS. The molecule has 3 rings (SSSR count). The number of nitrogens with zero attached hydrogens (tertiary/aromatic N) is 6. The molecule has 2 aromatic heterocycles. The van der Waals surface area contributed by atoms with E-state index < -0.39 is 5.54 Å². The predicted molar refractivity (Wildman–Crippen MR) is 92.4 cm³/mol. The van der Waals surface area contributed by atoms with E-state index in [0.717, 1.165) is 24.2 Å². The quantitative estimate of drug-likeness (QED) is 0.597. The highest BCUT2D eigenvalue weighted by molar-refractivity contribution is 7.99. The Bertz CT molecular complexity index is 827. The highest BCUT2D eigenvalue weighted by Gasteiger charge is 2.35. The summed E-state index contributed by atoms with van der Waals surface area (Å²) in [5, 5.41) is 25.0. The molecule has 0 atom stereocenters. The van der Waals surface area contributed by atoms with E-state index in [0.29, 0.717) is 23.9 Å². The van der Waals surface area contributed by atoms with Crippen LogP contribution >= 0.6 is 11.8 Å². The zero-order valence-corrected chi connectivity index (χ0v) is 15.0. The third-order valence-corrected chi connectivity index (χ3v) is 5.17. The Morgan fingerprint density at radius 2 is 2.16 bits per heavy atom. The van der Waals surface area contributed by atoms with Crippen molar-refractivity contribution in [1.29, 1.82) is 5.26 Å². The van der Waals surface area contributed by atoms with Gasteiger partial charge in [0.25, 0.3) is 5.95 Å². The van der Waals surface area contributed by atoms with Gasteiger partial charge in [-0.2, -0.15) is 10.4 Å². The summed E-state index contributed by atoms with van der Waals surface area (Å²) in [5.74, 6) is 6.34. The molecule has 3 N–H and O–H groups in total. The maximum atomic E-state index is 12.2. The Labute approximate surface area is 149 Å². The molecule has 1 aliphatic carbocycles. The van der Waals surface area contributed by atoms with Crippen molar-refractivity contribution in [3.8, 4) is 12.0 Å². The molecule has 0 spiro atoms. The first-order valence-electron chi connectivity index (χ1n) is 8.03. The molecular weight excluding hydrogens is 340 g/mol. The van der Waals surface area contributed by atoms with Gasteiger partial charge in [-0.15, -0.1) is 10.2 Å². The minimum Gasteiger partial charge on any atom is -0.337 e. The van der Waals surface area contributed by atoms with Crippen molar-refractivity contribution in [3.05, 3.63) is 17.5 Å². The van der Waals surface area contributed by atoms with Crippen molar-refractivity contribution in [1.82, 2.24) is 30.0 Å². The van der Waals surface area contributed by atoms with Crippen LogP contribution in [-0.4, -0.2) is 41.9 Å². The van der Waals surface area contributed by atoms with Crippen LogP contribution in [0.4, 0.5) is 0 Å². The average Bonchev–Trinajstić information content (AvgIpc) is 3.26. The number of thioether (sulfide) groups is 1. The van der Waals surface area contributed by atoms with Crippen LogP contribution in [0.15, 0.2) is 11.2 Å². The summed E-state index contributed by atoms with van der Waals surface area (Å²) < 4.78 is 2.92. The molecule has 1 saturated carbocycles. The van der Waals surface area contributed by atoms with E-state index >= 15 is 0 Å². The van der Waals surface area contributed by atoms with Crippen LogP contribution in [0.1, 0.15) is 37.1 Å². The Morgan fingerprint density at radius 3 is 2.76 bits per heavy atom. The van der Waals surface area contributed by atoms with Crippen LogP contribution in [-0.2, 0) is 4.79 Å². The largest absolute Gasteiger partial charge is 0.337 e. The number of hydrogen-bond acceptors (Lipinski definition) is 7. The number of carbonyl (C=O) groups is 1. The number of rotatable bonds is 5. The van der Waals surface area contributed by atoms with E-state index in [4.69, 9.17) is 5.84 Å². The van der Waals surface area contributed by atoms with Crippen LogP contribution in [0.3, 0.4) is 0 Å². The fraction of sp³-hybridized carbons (Fsp3) is 0.533. The minimum absolute atomic E-state index is 0.121. The van der Waals surface area contributed by atoms with E-state index in [9.17, 15) is 10.1 Å². The summed E-state index contributed by atoms with van der Waals surface area (Å²) in [4.78, 5) is 12.2. The lowest BCUT2D eigenvalue weighted by molar-refractivity contribution is -0.119. The van der Waals surface area contributed by atoms with Crippen LogP contribution in [0, 0.1) is 25.2 Å². The van der Waals surface area contributed by atoms with Crippen molar-refractivity contribution in [2.75, 3.05) is 11.6 Å². The average molecular weight is 360 g/mol. The predicted octanol–water partition coefficient (Wildman–Crippen LogP) is 0.839. The van der Waals surface area contributed by atoms with Crippen molar-refractivity contribution in [2.45, 2.75) is 50.2 Å². The number of nitrogens with two attached hydrogens (primary N) is 1. The topological polar surface area (TPSA) is 127 Å². The molecule has 0 saturated heterocycles. The van der Waals surface area contributed by atoms with Crippen LogP contribution < -0.4 is 11.2 Å². The van der Waals surface area contributed by atoms with Gasteiger partial charge in [0.1, 0.15) is 5.54 Å². The monoisotopic (exact) mass is 360 g/mol. The Balaban J connectivity index is 1.65. The number of hydrogen-bond donors (Lipinski definition) is 2. The standard InChI is InChI=1S/C15H20N8OS/c1-10-7-11(2)23(21-10)13-19-20-14(22(13)17)25-8-12(24)18-15(9-16)5-3-4-6-15/h7H,3-6,8,17H2,1-2H3,(H,18,24). The highest BCUT2D eigenvalue weighted by Crippen LogP contribution is 2.29. The minimum atomic E-state index is -0.719. The second kappa shape index (κ2) is 6.76. The zero-order valence-electron chi connectivity index (χ0n) is 14.2. The van der Waals surface area contributed by atoms with E-state index in [1.165, 1.54) is 16.4 Å². The van der Waals surface area contributed by atoms with Gasteiger partial charge in [-0.05, 0) is 45.6 Å². The maximum absolute atomic E-state index is 12.2. The number of nitrogen functional groups attached to an aromatic ring is 1. The molecule has 0 bridgehead atoms. The molecule has 1 aliphatic rings. The van der Waals surface area contributed by atoms with Gasteiger partial charge in [0.2, 0.25) is 11.1 Å². The second-order valence-corrected chi connectivity index (χ2v) is 7.17. The van der Waals surface area contributed by atoms with Crippen LogP contribution in [0.2, 0.25) is 0 Å². The van der Waals surface area contributed by atoms with E-state index in [2.05, 4.69) is 26.7 Å². The van der Waals surface area contributed by atoms with Gasteiger partial charge < -0.3 is 11.2 Å². The van der Waals surface area contributed by atoms with Gasteiger partial charge in [0, 0.05) is 5.69 Å². The maximum Gasteiger partial charge on any atom is 0.271 e. The lowest BCUT2D eigenvalue weighted by atomic mass is 10.0. The first-order valence-corrected chi connectivity index (χ1v) is 9.02. The van der Waals surface area contributed by atoms with Crippen molar-refractivity contribution in [2.24, 2.45) is 0 Å². The number of amides is 1. The van der Waals surface area contributed by atoms with E-state index in [1.54, 1.807) is 4.68 Å². The normalized spacial score (nSPS) is 15.9. The molecule has 0 radical (unpaired) electrons. The van der Waals surface area contributed by atoms with Gasteiger partial charge in [-0.1, -0.05) is 11.8 Å². The lowest BCUT2D eigenvalue weighted by Crippen LogP contribution is -2.45. The van der Waals surface area contributed by atoms with Crippen LogP contribution in [0.5, 0.6) is 0 Å². The first-order chi connectivity index (χ1) is 11.9. The molecule has 2 heterocycles. The molecule has 132 valence electrons. The molecule has 0 aromatic carbocycles. The third kappa shape index (κ3) is 3.46. The first kappa shape index (κ1) is 17.3. The summed E-state index contributed by atoms with van der Waals surface area (Å²) in [6.07, 6.45) is 3.33. The molecule has 25 heavy (non-hydrogen) atoms. The smallest absolute Gasteiger partial charge is 0.271 e. The molecule has 0 aliphatic heterocycles. The molecule has 2 aromatic rings. The zero-order chi connectivity index (χ0) is 18.0. The Hall–Kier alpha value is -2.54. The fourth-order valence-corrected chi connectivity index (χ4v) is 3.67. The molecule has 9 nitrogen and oxygen atoms in total. The molecule has 1 amide bonds. The molecule has 0 unspecified atom stereocenters. The lowest BCUT2D eigenvalue weighted by Gasteiger charge is -2.21. The number of aryl methyl sites for hydroxylation is 2.